The summed E-state index contributed by atoms with van der Waals surface area (Å²) in [6.45, 7) is 4.29. The first-order valence-corrected chi connectivity index (χ1v) is 5.59. The van der Waals surface area contributed by atoms with Gasteiger partial charge in [0.05, 0.1) is 5.41 Å². The van der Waals surface area contributed by atoms with Crippen molar-refractivity contribution in [1.82, 2.24) is 15.6 Å². The smallest absolute Gasteiger partial charge is 0.227 e. The van der Waals surface area contributed by atoms with Gasteiger partial charge >= 0.3 is 0 Å². The molecule has 1 aromatic heterocycles. The second kappa shape index (κ2) is 4.61. The van der Waals surface area contributed by atoms with Gasteiger partial charge in [0, 0.05) is 25.5 Å². The Morgan fingerprint density at radius 2 is 2.31 bits per heavy atom. The van der Waals surface area contributed by atoms with E-state index in [2.05, 4.69) is 15.6 Å². The lowest BCUT2D eigenvalue weighted by Gasteiger charge is -2.21. The van der Waals surface area contributed by atoms with E-state index in [1.165, 1.54) is 0 Å². The summed E-state index contributed by atoms with van der Waals surface area (Å²) in [6, 6.07) is 3.82. The molecular weight excluding hydrogens is 202 g/mol. The summed E-state index contributed by atoms with van der Waals surface area (Å²) in [5.41, 5.74) is 0.838. The Kier molecular flexibility index (Phi) is 3.19. The molecular formula is C12H17N3O. The Labute approximate surface area is 95.5 Å². The standard InChI is InChI=1S/C12H17N3O/c1-12(4-7-14-9-12)11(16)15-8-10-2-5-13-6-3-10/h2-3,5-6,14H,4,7-9H2,1H3,(H,15,16). The Balaban J connectivity index is 1.89. The zero-order valence-corrected chi connectivity index (χ0v) is 9.49. The van der Waals surface area contributed by atoms with Crippen LogP contribution in [0.15, 0.2) is 24.5 Å². The number of carbonyl (C=O) groups excluding carboxylic acids is 1. The maximum Gasteiger partial charge on any atom is 0.227 e. The van der Waals surface area contributed by atoms with Crippen LogP contribution < -0.4 is 10.6 Å². The highest BCUT2D eigenvalue weighted by molar-refractivity contribution is 5.82. The first-order chi connectivity index (χ1) is 7.71. The third kappa shape index (κ3) is 2.39. The summed E-state index contributed by atoms with van der Waals surface area (Å²) in [5, 5.41) is 6.20. The molecule has 0 saturated carbocycles. The highest BCUT2D eigenvalue weighted by atomic mass is 16.2. The number of carbonyl (C=O) groups is 1. The van der Waals surface area contributed by atoms with E-state index >= 15 is 0 Å². The molecule has 4 nitrogen and oxygen atoms in total. The van der Waals surface area contributed by atoms with E-state index in [1.807, 2.05) is 19.1 Å². The Hall–Kier alpha value is -1.42. The van der Waals surface area contributed by atoms with Crippen molar-refractivity contribution < 1.29 is 4.79 Å². The number of nitrogens with zero attached hydrogens (tertiary/aromatic N) is 1. The van der Waals surface area contributed by atoms with Gasteiger partial charge in [0.25, 0.3) is 0 Å². The molecule has 1 aliphatic heterocycles. The minimum Gasteiger partial charge on any atom is -0.352 e. The zero-order valence-electron chi connectivity index (χ0n) is 9.49. The fraction of sp³-hybridized carbons (Fsp3) is 0.500. The molecule has 1 saturated heterocycles. The summed E-state index contributed by atoms with van der Waals surface area (Å²) >= 11 is 0. The molecule has 16 heavy (non-hydrogen) atoms. The molecule has 1 aromatic rings. The van der Waals surface area contributed by atoms with E-state index in [0.29, 0.717) is 6.54 Å². The Morgan fingerprint density at radius 3 is 2.94 bits per heavy atom. The van der Waals surface area contributed by atoms with Gasteiger partial charge in [-0.15, -0.1) is 0 Å². The number of rotatable bonds is 3. The van der Waals surface area contributed by atoms with Crippen molar-refractivity contribution in [2.75, 3.05) is 13.1 Å². The lowest BCUT2D eigenvalue weighted by Crippen LogP contribution is -2.39. The number of hydrogen-bond acceptors (Lipinski definition) is 3. The second-order valence-corrected chi connectivity index (χ2v) is 4.53. The molecule has 1 atom stereocenters. The highest BCUT2D eigenvalue weighted by Gasteiger charge is 2.35. The summed E-state index contributed by atoms with van der Waals surface area (Å²) in [6.07, 6.45) is 4.38. The van der Waals surface area contributed by atoms with E-state index < -0.39 is 0 Å². The molecule has 0 aromatic carbocycles. The van der Waals surface area contributed by atoms with Gasteiger partial charge in [-0.3, -0.25) is 9.78 Å². The molecule has 0 radical (unpaired) electrons. The summed E-state index contributed by atoms with van der Waals surface area (Å²) in [5.74, 6) is 0.134. The number of aromatic nitrogens is 1. The van der Waals surface area contributed by atoms with Gasteiger partial charge < -0.3 is 10.6 Å². The van der Waals surface area contributed by atoms with Crippen LogP contribution in [0.25, 0.3) is 0 Å². The van der Waals surface area contributed by atoms with Crippen LogP contribution in [0, 0.1) is 5.41 Å². The predicted octanol–water partition coefficient (Wildman–Crippen LogP) is 0.697. The van der Waals surface area contributed by atoms with Gasteiger partial charge in [0.2, 0.25) is 5.91 Å². The van der Waals surface area contributed by atoms with Gasteiger partial charge in [-0.25, -0.2) is 0 Å². The van der Waals surface area contributed by atoms with Gasteiger partial charge in [-0.05, 0) is 37.6 Å². The van der Waals surface area contributed by atoms with Crippen LogP contribution in [0.2, 0.25) is 0 Å². The summed E-state index contributed by atoms with van der Waals surface area (Å²) in [7, 11) is 0. The third-order valence-electron chi connectivity index (χ3n) is 3.12. The predicted molar refractivity (Wildman–Crippen MR) is 61.7 cm³/mol. The van der Waals surface area contributed by atoms with Crippen LogP contribution in [0.5, 0.6) is 0 Å². The van der Waals surface area contributed by atoms with Crippen LogP contribution in [-0.4, -0.2) is 24.0 Å². The van der Waals surface area contributed by atoms with Gasteiger partial charge in [-0.1, -0.05) is 0 Å². The van der Waals surface area contributed by atoms with Crippen molar-refractivity contribution in [3.05, 3.63) is 30.1 Å². The van der Waals surface area contributed by atoms with Crippen LogP contribution in [0.3, 0.4) is 0 Å². The van der Waals surface area contributed by atoms with Crippen molar-refractivity contribution in [3.63, 3.8) is 0 Å². The molecule has 1 fully saturated rings. The molecule has 86 valence electrons. The number of hydrogen-bond donors (Lipinski definition) is 2. The van der Waals surface area contributed by atoms with Crippen LogP contribution >= 0.6 is 0 Å². The Bertz CT molecular complexity index is 358. The van der Waals surface area contributed by atoms with Crippen molar-refractivity contribution in [2.24, 2.45) is 5.41 Å². The van der Waals surface area contributed by atoms with Crippen LogP contribution in [0.4, 0.5) is 0 Å². The quantitative estimate of drug-likeness (QED) is 0.786. The molecule has 0 bridgehead atoms. The maximum atomic E-state index is 12.0. The molecule has 1 amide bonds. The second-order valence-electron chi connectivity index (χ2n) is 4.53. The topological polar surface area (TPSA) is 54.0 Å². The first kappa shape index (κ1) is 11.1. The van der Waals surface area contributed by atoms with E-state index in [9.17, 15) is 4.79 Å². The fourth-order valence-electron chi connectivity index (χ4n) is 1.91. The molecule has 1 unspecified atom stereocenters. The lowest BCUT2D eigenvalue weighted by atomic mass is 9.89. The zero-order chi connectivity index (χ0) is 11.4. The van der Waals surface area contributed by atoms with Gasteiger partial charge in [0.1, 0.15) is 0 Å². The minimum atomic E-state index is -0.243. The lowest BCUT2D eigenvalue weighted by molar-refractivity contribution is -0.129. The molecule has 2 rings (SSSR count). The highest BCUT2D eigenvalue weighted by Crippen LogP contribution is 2.24. The number of nitrogens with one attached hydrogen (secondary N) is 2. The van der Waals surface area contributed by atoms with Crippen molar-refractivity contribution in [1.29, 1.82) is 0 Å². The molecule has 0 spiro atoms. The van der Waals surface area contributed by atoms with E-state index in [4.69, 9.17) is 0 Å². The van der Waals surface area contributed by atoms with Crippen LogP contribution in [-0.2, 0) is 11.3 Å². The maximum absolute atomic E-state index is 12.0. The first-order valence-electron chi connectivity index (χ1n) is 5.59. The molecule has 0 aliphatic carbocycles. The molecule has 2 N–H and O–H groups in total. The molecule has 2 heterocycles. The van der Waals surface area contributed by atoms with Crippen molar-refractivity contribution in [2.45, 2.75) is 19.9 Å². The summed E-state index contributed by atoms with van der Waals surface area (Å²) < 4.78 is 0. The summed E-state index contributed by atoms with van der Waals surface area (Å²) in [4.78, 5) is 15.9. The minimum absolute atomic E-state index is 0.134. The van der Waals surface area contributed by atoms with Gasteiger partial charge in [0.15, 0.2) is 0 Å². The van der Waals surface area contributed by atoms with Gasteiger partial charge in [-0.2, -0.15) is 0 Å². The molecule has 1 aliphatic rings. The Morgan fingerprint density at radius 1 is 1.56 bits per heavy atom. The average molecular weight is 219 g/mol. The van der Waals surface area contributed by atoms with E-state index in [1.54, 1.807) is 12.4 Å². The van der Waals surface area contributed by atoms with Crippen molar-refractivity contribution >= 4 is 5.91 Å². The van der Waals surface area contributed by atoms with Crippen molar-refractivity contribution in [3.8, 4) is 0 Å². The van der Waals surface area contributed by atoms with E-state index in [-0.39, 0.29) is 11.3 Å². The third-order valence-corrected chi connectivity index (χ3v) is 3.12. The largest absolute Gasteiger partial charge is 0.352 e. The number of pyridine rings is 1. The van der Waals surface area contributed by atoms with E-state index in [0.717, 1.165) is 25.1 Å². The normalized spacial score (nSPS) is 24.3. The number of amides is 1. The van der Waals surface area contributed by atoms with Crippen LogP contribution in [0.1, 0.15) is 18.9 Å². The average Bonchev–Trinajstić information content (AvgIpc) is 2.76. The SMILES string of the molecule is CC1(C(=O)NCc2ccncc2)CCNC1. The molecule has 4 heteroatoms. The fourth-order valence-corrected chi connectivity index (χ4v) is 1.91. The monoisotopic (exact) mass is 219 g/mol.